The van der Waals surface area contributed by atoms with E-state index in [1.54, 1.807) is 11.9 Å². The molecule has 1 aliphatic rings. The number of carbonyl (C=O) groups excluding carboxylic acids is 1. The van der Waals surface area contributed by atoms with E-state index < -0.39 is 6.10 Å². The molecule has 3 heteroatoms. The van der Waals surface area contributed by atoms with Crippen LogP contribution < -0.4 is 0 Å². The largest absolute Gasteiger partial charge is 0.382 e. The highest BCUT2D eigenvalue weighted by Crippen LogP contribution is 2.37. The molecule has 0 saturated carbocycles. The van der Waals surface area contributed by atoms with E-state index in [0.717, 1.165) is 16.8 Å². The summed E-state index contributed by atoms with van der Waals surface area (Å²) in [6, 6.07) is 19.5. The van der Waals surface area contributed by atoms with Crippen molar-refractivity contribution < 1.29 is 9.90 Å². The van der Waals surface area contributed by atoms with Crippen molar-refractivity contribution in [3.05, 3.63) is 77.5 Å². The summed E-state index contributed by atoms with van der Waals surface area (Å²) in [6.07, 6.45) is 0.943. The molecule has 2 aromatic rings. The summed E-state index contributed by atoms with van der Waals surface area (Å²) in [5, 5.41) is 10.3. The second-order valence-electron chi connectivity index (χ2n) is 5.21. The van der Waals surface area contributed by atoms with Crippen LogP contribution in [0.5, 0.6) is 0 Å². The molecule has 3 rings (SSSR count). The van der Waals surface area contributed by atoms with Gasteiger partial charge in [-0.15, -0.1) is 0 Å². The van der Waals surface area contributed by atoms with Crippen LogP contribution in [0.25, 0.3) is 6.08 Å². The average Bonchev–Trinajstić information content (AvgIpc) is 2.74. The average molecular weight is 279 g/mol. The van der Waals surface area contributed by atoms with Gasteiger partial charge in [-0.1, -0.05) is 60.7 Å². The third kappa shape index (κ3) is 2.48. The third-order valence-corrected chi connectivity index (χ3v) is 3.88. The van der Waals surface area contributed by atoms with Gasteiger partial charge < -0.3 is 10.0 Å². The van der Waals surface area contributed by atoms with Crippen molar-refractivity contribution in [2.75, 3.05) is 7.05 Å². The lowest BCUT2D eigenvalue weighted by Crippen LogP contribution is -2.25. The van der Waals surface area contributed by atoms with Crippen LogP contribution in [0.15, 0.2) is 66.4 Å². The number of nitrogens with zero attached hydrogens (tertiary/aromatic N) is 1. The maximum atomic E-state index is 12.1. The van der Waals surface area contributed by atoms with Crippen LogP contribution in [0.4, 0.5) is 0 Å². The summed E-state index contributed by atoms with van der Waals surface area (Å²) in [4.78, 5) is 13.7. The van der Waals surface area contributed by atoms with Crippen molar-refractivity contribution in [2.45, 2.75) is 12.0 Å². The first kappa shape index (κ1) is 13.6. The Hall–Kier alpha value is -2.39. The third-order valence-electron chi connectivity index (χ3n) is 3.88. The van der Waals surface area contributed by atoms with Gasteiger partial charge in [-0.05, 0) is 17.2 Å². The Kier molecular flexibility index (Phi) is 3.59. The van der Waals surface area contributed by atoms with Crippen LogP contribution in [0.3, 0.4) is 0 Å². The lowest BCUT2D eigenvalue weighted by Gasteiger charge is -2.17. The van der Waals surface area contributed by atoms with Crippen molar-refractivity contribution in [3.8, 4) is 0 Å². The second kappa shape index (κ2) is 5.54. The van der Waals surface area contributed by atoms with Crippen LogP contribution in [0.1, 0.15) is 17.0 Å². The monoisotopic (exact) mass is 279 g/mol. The molecule has 1 N–H and O–H groups in total. The fraction of sp³-hybridized carbons (Fsp3) is 0.167. The SMILES string of the molecule is CN1C(=O)[C@@H](O)[C@H](c2ccccc2)/C1=C\c1ccccc1. The summed E-state index contributed by atoms with van der Waals surface area (Å²) in [5.74, 6) is -0.574. The van der Waals surface area contributed by atoms with E-state index in [9.17, 15) is 9.90 Å². The predicted molar refractivity (Wildman–Crippen MR) is 82.4 cm³/mol. The van der Waals surface area contributed by atoms with Gasteiger partial charge in [0.2, 0.25) is 0 Å². The zero-order valence-electron chi connectivity index (χ0n) is 11.8. The number of aliphatic hydroxyl groups excluding tert-OH is 1. The molecule has 1 fully saturated rings. The molecule has 0 spiro atoms. The van der Waals surface area contributed by atoms with E-state index in [1.165, 1.54) is 0 Å². The van der Waals surface area contributed by atoms with Gasteiger partial charge in [0.25, 0.3) is 5.91 Å². The summed E-state index contributed by atoms with van der Waals surface area (Å²) in [7, 11) is 1.71. The molecule has 106 valence electrons. The number of benzene rings is 2. The number of hydrogen-bond acceptors (Lipinski definition) is 2. The van der Waals surface area contributed by atoms with Gasteiger partial charge in [0, 0.05) is 12.7 Å². The summed E-state index contributed by atoms with van der Waals surface area (Å²) < 4.78 is 0. The molecule has 0 radical (unpaired) electrons. The molecule has 1 heterocycles. The molecular formula is C18H17NO2. The first-order valence-corrected chi connectivity index (χ1v) is 6.95. The molecule has 2 aromatic carbocycles. The van der Waals surface area contributed by atoms with E-state index in [4.69, 9.17) is 0 Å². The molecule has 1 saturated heterocycles. The van der Waals surface area contributed by atoms with Gasteiger partial charge in [0.15, 0.2) is 0 Å². The van der Waals surface area contributed by atoms with Crippen molar-refractivity contribution in [1.29, 1.82) is 0 Å². The molecule has 2 atom stereocenters. The number of likely N-dealkylation sites (N-methyl/N-ethyl adjacent to an activating group) is 1. The molecule has 21 heavy (non-hydrogen) atoms. The smallest absolute Gasteiger partial charge is 0.256 e. The lowest BCUT2D eigenvalue weighted by atomic mass is 9.92. The standard InChI is InChI=1S/C18H17NO2/c1-19-15(12-13-8-4-2-5-9-13)16(17(20)18(19)21)14-10-6-3-7-11-14/h2-12,16-17,20H,1H3/b15-12+/t16-,17+/m1/s1. The van der Waals surface area contributed by atoms with Gasteiger partial charge in [-0.2, -0.15) is 0 Å². The molecule has 0 aromatic heterocycles. The Bertz CT molecular complexity index is 664. The molecule has 0 aliphatic carbocycles. The van der Waals surface area contributed by atoms with Crippen LogP contribution in [-0.2, 0) is 4.79 Å². The van der Waals surface area contributed by atoms with Crippen LogP contribution in [0.2, 0.25) is 0 Å². The molecular weight excluding hydrogens is 262 g/mol. The predicted octanol–water partition coefficient (Wildman–Crippen LogP) is 2.64. The van der Waals surface area contributed by atoms with Crippen molar-refractivity contribution in [1.82, 2.24) is 4.90 Å². The van der Waals surface area contributed by atoms with Gasteiger partial charge in [0.05, 0.1) is 5.92 Å². The van der Waals surface area contributed by atoms with Crippen molar-refractivity contribution >= 4 is 12.0 Å². The minimum absolute atomic E-state index is 0.258. The Morgan fingerprint density at radius 3 is 2.19 bits per heavy atom. The maximum absolute atomic E-state index is 12.1. The molecule has 1 amide bonds. The number of hydrogen-bond donors (Lipinski definition) is 1. The molecule has 3 nitrogen and oxygen atoms in total. The summed E-state index contributed by atoms with van der Waals surface area (Å²) in [6.45, 7) is 0. The Balaban J connectivity index is 2.07. The maximum Gasteiger partial charge on any atom is 0.256 e. The summed E-state index contributed by atoms with van der Waals surface area (Å²) >= 11 is 0. The fourth-order valence-electron chi connectivity index (χ4n) is 2.76. The van der Waals surface area contributed by atoms with Gasteiger partial charge in [-0.3, -0.25) is 4.79 Å². The first-order chi connectivity index (χ1) is 10.2. The van der Waals surface area contributed by atoms with Crippen LogP contribution >= 0.6 is 0 Å². The first-order valence-electron chi connectivity index (χ1n) is 6.95. The highest BCUT2D eigenvalue weighted by Gasteiger charge is 2.42. The van der Waals surface area contributed by atoms with Gasteiger partial charge in [-0.25, -0.2) is 0 Å². The molecule has 0 bridgehead atoms. The van der Waals surface area contributed by atoms with E-state index >= 15 is 0 Å². The molecule has 1 aliphatic heterocycles. The number of rotatable bonds is 2. The number of amides is 1. The highest BCUT2D eigenvalue weighted by atomic mass is 16.3. The highest BCUT2D eigenvalue weighted by molar-refractivity contribution is 5.89. The quantitative estimate of drug-likeness (QED) is 0.918. The Morgan fingerprint density at radius 2 is 1.57 bits per heavy atom. The van der Waals surface area contributed by atoms with Crippen LogP contribution in [-0.4, -0.2) is 29.1 Å². The summed E-state index contributed by atoms with van der Waals surface area (Å²) in [5.41, 5.74) is 2.79. The molecule has 0 unspecified atom stereocenters. The van der Waals surface area contributed by atoms with Crippen LogP contribution in [0, 0.1) is 0 Å². The van der Waals surface area contributed by atoms with E-state index in [1.807, 2.05) is 66.7 Å². The Morgan fingerprint density at radius 1 is 1.00 bits per heavy atom. The number of carbonyl (C=O) groups is 1. The fourth-order valence-corrected chi connectivity index (χ4v) is 2.76. The number of aliphatic hydroxyl groups is 1. The minimum atomic E-state index is -1.02. The zero-order valence-corrected chi connectivity index (χ0v) is 11.8. The van der Waals surface area contributed by atoms with Crippen molar-refractivity contribution in [2.24, 2.45) is 0 Å². The van der Waals surface area contributed by atoms with Crippen molar-refractivity contribution in [3.63, 3.8) is 0 Å². The normalized spacial score (nSPS) is 23.8. The van der Waals surface area contributed by atoms with E-state index in [-0.39, 0.29) is 11.8 Å². The Labute approximate surface area is 124 Å². The van der Waals surface area contributed by atoms with E-state index in [0.29, 0.717) is 0 Å². The lowest BCUT2D eigenvalue weighted by molar-refractivity contribution is -0.133. The second-order valence-corrected chi connectivity index (χ2v) is 5.21. The van der Waals surface area contributed by atoms with E-state index in [2.05, 4.69) is 0 Å². The zero-order chi connectivity index (χ0) is 14.8. The van der Waals surface area contributed by atoms with Gasteiger partial charge >= 0.3 is 0 Å². The van der Waals surface area contributed by atoms with Gasteiger partial charge in [0.1, 0.15) is 6.10 Å². The minimum Gasteiger partial charge on any atom is -0.382 e. The number of likely N-dealkylation sites (tertiary alicyclic amines) is 1. The topological polar surface area (TPSA) is 40.5 Å².